The minimum Gasteiger partial charge on any atom is -0.288 e. The van der Waals surface area contributed by atoms with Gasteiger partial charge in [-0.25, -0.2) is 4.98 Å². The quantitative estimate of drug-likeness (QED) is 0.580. The lowest BCUT2D eigenvalue weighted by Crippen LogP contribution is -2.45. The predicted octanol–water partition coefficient (Wildman–Crippen LogP) is 4.52. The van der Waals surface area contributed by atoms with Gasteiger partial charge in [0.05, 0.1) is 10.7 Å². The second-order valence-corrected chi connectivity index (χ2v) is 7.80. The maximum absolute atomic E-state index is 8.58. The topological polar surface area (TPSA) is 76.2 Å². The minimum absolute atomic E-state index is 0.267. The number of nitrogens with one attached hydrogen (secondary N) is 2. The van der Waals surface area contributed by atoms with Gasteiger partial charge in [0.25, 0.3) is 0 Å². The Hall–Kier alpha value is -2.05. The van der Waals surface area contributed by atoms with Crippen molar-refractivity contribution in [3.05, 3.63) is 45.6 Å². The van der Waals surface area contributed by atoms with Crippen LogP contribution >= 0.6 is 22.9 Å². The molecule has 0 spiro atoms. The lowest BCUT2D eigenvalue weighted by molar-refractivity contribution is 0.691. The van der Waals surface area contributed by atoms with Crippen LogP contribution in [0.25, 0.3) is 0 Å². The molecule has 124 valence electrons. The van der Waals surface area contributed by atoms with E-state index in [9.17, 15) is 0 Å². The van der Waals surface area contributed by atoms with Crippen molar-refractivity contribution in [2.45, 2.75) is 33.2 Å². The van der Waals surface area contributed by atoms with Crippen LogP contribution in [0.4, 0.5) is 5.00 Å². The average molecular weight is 360 g/mol. The van der Waals surface area contributed by atoms with Crippen LogP contribution in [0.15, 0.2) is 29.3 Å². The van der Waals surface area contributed by atoms with Crippen molar-refractivity contribution in [2.75, 3.05) is 4.90 Å². The number of fused-ring (bicyclic) bond motifs is 1. The minimum atomic E-state index is -0.772. The number of hydrogen-bond acceptors (Lipinski definition) is 5. The Morgan fingerprint density at radius 2 is 1.88 bits per heavy atom. The Bertz CT molecular complexity index is 864. The molecule has 5 nitrogen and oxygen atoms in total. The standard InChI is InChI=1S/C17H18ClN5S/c1-9(19)23-15-14(21-10(2)24-15)13(22-17(3,4)16(23)20)11-5-7-12(18)8-6-11/h5-8,19-20H,1-4H3. The Morgan fingerprint density at radius 1 is 1.25 bits per heavy atom. The Balaban J connectivity index is 2.30. The summed E-state index contributed by atoms with van der Waals surface area (Å²) in [6.07, 6.45) is 0. The zero-order chi connectivity index (χ0) is 17.6. The smallest absolute Gasteiger partial charge is 0.135 e. The first-order chi connectivity index (χ1) is 11.2. The molecule has 0 bridgehead atoms. The van der Waals surface area contributed by atoms with Crippen LogP contribution in [0.3, 0.4) is 0 Å². The lowest BCUT2D eigenvalue weighted by Gasteiger charge is -2.28. The van der Waals surface area contributed by atoms with E-state index in [0.29, 0.717) is 10.7 Å². The molecule has 1 aromatic heterocycles. The van der Waals surface area contributed by atoms with Crippen molar-refractivity contribution in [1.29, 1.82) is 10.8 Å². The molecular weight excluding hydrogens is 342 g/mol. The first kappa shape index (κ1) is 16.8. The number of hydrogen-bond donors (Lipinski definition) is 2. The molecule has 0 fully saturated rings. The van der Waals surface area contributed by atoms with Crippen molar-refractivity contribution in [1.82, 2.24) is 4.98 Å². The van der Waals surface area contributed by atoms with Crippen LogP contribution in [0.1, 0.15) is 37.0 Å². The summed E-state index contributed by atoms with van der Waals surface area (Å²) in [6.45, 7) is 7.36. The summed E-state index contributed by atoms with van der Waals surface area (Å²) < 4.78 is 0. The first-order valence-electron chi connectivity index (χ1n) is 7.48. The number of amidine groups is 2. The largest absolute Gasteiger partial charge is 0.288 e. The summed E-state index contributed by atoms with van der Waals surface area (Å²) in [5.74, 6) is 0.550. The van der Waals surface area contributed by atoms with E-state index in [-0.39, 0.29) is 11.7 Å². The maximum atomic E-state index is 8.58. The number of rotatable bonds is 1. The van der Waals surface area contributed by atoms with E-state index < -0.39 is 5.54 Å². The van der Waals surface area contributed by atoms with Crippen molar-refractivity contribution in [2.24, 2.45) is 4.99 Å². The van der Waals surface area contributed by atoms with Gasteiger partial charge >= 0.3 is 0 Å². The summed E-state index contributed by atoms with van der Waals surface area (Å²) in [5.41, 5.74) is 1.56. The molecule has 2 aromatic rings. The number of nitrogens with zero attached hydrogens (tertiary/aromatic N) is 3. The van der Waals surface area contributed by atoms with Gasteiger partial charge in [0.2, 0.25) is 0 Å². The predicted molar refractivity (Wildman–Crippen MR) is 102 cm³/mol. The van der Waals surface area contributed by atoms with Gasteiger partial charge in [-0.05, 0) is 39.8 Å². The number of anilines is 1. The Morgan fingerprint density at radius 3 is 2.46 bits per heavy atom. The molecule has 3 rings (SSSR count). The van der Waals surface area contributed by atoms with Gasteiger partial charge < -0.3 is 0 Å². The van der Waals surface area contributed by atoms with E-state index in [2.05, 4.69) is 4.98 Å². The van der Waals surface area contributed by atoms with E-state index >= 15 is 0 Å². The highest BCUT2D eigenvalue weighted by molar-refractivity contribution is 7.16. The highest BCUT2D eigenvalue weighted by Gasteiger charge is 2.37. The molecule has 0 aliphatic carbocycles. The normalized spacial score (nSPS) is 16.5. The fourth-order valence-corrected chi connectivity index (χ4v) is 3.71. The molecular formula is C17H18ClN5S. The molecule has 1 aromatic carbocycles. The number of aryl methyl sites for hydroxylation is 1. The van der Waals surface area contributed by atoms with Crippen LogP contribution in [0.5, 0.6) is 0 Å². The number of benzene rings is 1. The van der Waals surface area contributed by atoms with Gasteiger partial charge in [0, 0.05) is 10.6 Å². The SMILES string of the molecule is CC(=N)N1C(=N)C(C)(C)N=C(c2ccc(Cl)cc2)c2nc(C)sc21. The van der Waals surface area contributed by atoms with Gasteiger partial charge in [-0.1, -0.05) is 23.7 Å². The number of aliphatic imine (C=N–C) groups is 1. The summed E-state index contributed by atoms with van der Waals surface area (Å²) in [6, 6.07) is 7.46. The van der Waals surface area contributed by atoms with Crippen molar-refractivity contribution >= 4 is 45.3 Å². The van der Waals surface area contributed by atoms with Crippen LogP contribution in [-0.4, -0.2) is 27.9 Å². The molecule has 0 saturated heterocycles. The van der Waals surface area contributed by atoms with Crippen LogP contribution < -0.4 is 4.90 Å². The highest BCUT2D eigenvalue weighted by atomic mass is 35.5. The number of halogens is 1. The average Bonchev–Trinajstić information content (AvgIpc) is 2.83. The maximum Gasteiger partial charge on any atom is 0.135 e. The number of thiazole rings is 1. The lowest BCUT2D eigenvalue weighted by atomic mass is 10.0. The molecule has 2 N–H and O–H groups in total. The molecule has 0 saturated carbocycles. The second-order valence-electron chi connectivity index (χ2n) is 6.18. The van der Waals surface area contributed by atoms with Crippen molar-refractivity contribution < 1.29 is 0 Å². The summed E-state index contributed by atoms with van der Waals surface area (Å²) in [7, 11) is 0. The Kier molecular flexibility index (Phi) is 4.05. The Labute approximate surface area is 150 Å². The second kappa shape index (κ2) is 5.79. The van der Waals surface area contributed by atoms with Gasteiger partial charge in [0.1, 0.15) is 27.9 Å². The summed E-state index contributed by atoms with van der Waals surface area (Å²) in [5, 5.41) is 19.0. The molecule has 0 atom stereocenters. The molecule has 1 aliphatic rings. The highest BCUT2D eigenvalue weighted by Crippen LogP contribution is 2.36. The van der Waals surface area contributed by atoms with E-state index in [1.807, 2.05) is 45.0 Å². The van der Waals surface area contributed by atoms with Gasteiger partial charge in [-0.2, -0.15) is 0 Å². The van der Waals surface area contributed by atoms with E-state index in [1.165, 1.54) is 11.3 Å². The van der Waals surface area contributed by atoms with E-state index in [0.717, 1.165) is 21.3 Å². The third-order valence-corrected chi connectivity index (χ3v) is 5.00. The molecule has 0 amide bonds. The van der Waals surface area contributed by atoms with Crippen LogP contribution in [0.2, 0.25) is 5.02 Å². The number of aromatic nitrogens is 1. The van der Waals surface area contributed by atoms with Crippen molar-refractivity contribution in [3.63, 3.8) is 0 Å². The molecule has 7 heteroatoms. The monoisotopic (exact) mass is 359 g/mol. The molecule has 24 heavy (non-hydrogen) atoms. The molecule has 2 heterocycles. The third kappa shape index (κ3) is 2.76. The fourth-order valence-electron chi connectivity index (χ4n) is 2.61. The van der Waals surface area contributed by atoms with Crippen LogP contribution in [-0.2, 0) is 0 Å². The molecule has 0 unspecified atom stereocenters. The first-order valence-corrected chi connectivity index (χ1v) is 8.68. The van der Waals surface area contributed by atoms with E-state index in [4.69, 9.17) is 27.4 Å². The zero-order valence-electron chi connectivity index (χ0n) is 13.9. The summed E-state index contributed by atoms with van der Waals surface area (Å²) in [4.78, 5) is 11.1. The van der Waals surface area contributed by atoms with Crippen LogP contribution in [0, 0.1) is 17.7 Å². The fraction of sp³-hybridized carbons (Fsp3) is 0.294. The zero-order valence-corrected chi connectivity index (χ0v) is 15.5. The van der Waals surface area contributed by atoms with Gasteiger partial charge in [-0.3, -0.25) is 20.7 Å². The van der Waals surface area contributed by atoms with Crippen molar-refractivity contribution in [3.8, 4) is 0 Å². The third-order valence-electron chi connectivity index (χ3n) is 3.79. The molecule has 1 aliphatic heterocycles. The molecule has 0 radical (unpaired) electrons. The van der Waals surface area contributed by atoms with Gasteiger partial charge in [-0.15, -0.1) is 11.3 Å². The summed E-state index contributed by atoms with van der Waals surface area (Å²) >= 11 is 7.48. The van der Waals surface area contributed by atoms with E-state index in [1.54, 1.807) is 11.8 Å². The van der Waals surface area contributed by atoms with Gasteiger partial charge in [0.15, 0.2) is 0 Å².